The van der Waals surface area contributed by atoms with E-state index in [1.807, 2.05) is 0 Å². The number of hydrogen-bond acceptors (Lipinski definition) is 3. The van der Waals surface area contributed by atoms with Crippen LogP contribution in [-0.4, -0.2) is 8.42 Å². The van der Waals surface area contributed by atoms with Crippen LogP contribution in [0.4, 0.5) is 20.2 Å². The SMILES string of the molecule is Nc1c(Cl)cc(NS(=O)(=O)c2ccc(F)c(F)c2)cc1Cl. The molecule has 0 aliphatic rings. The molecule has 0 unspecified atom stereocenters. The van der Waals surface area contributed by atoms with Crippen molar-refractivity contribution in [3.63, 3.8) is 0 Å². The van der Waals surface area contributed by atoms with Crippen molar-refractivity contribution in [1.82, 2.24) is 0 Å². The molecule has 0 atom stereocenters. The monoisotopic (exact) mass is 352 g/mol. The maximum atomic E-state index is 13.1. The Kier molecular flexibility index (Phi) is 4.27. The lowest BCUT2D eigenvalue weighted by atomic mass is 10.3. The van der Waals surface area contributed by atoms with Gasteiger partial charge in [0.25, 0.3) is 10.0 Å². The van der Waals surface area contributed by atoms with Crippen molar-refractivity contribution < 1.29 is 17.2 Å². The second kappa shape index (κ2) is 5.67. The topological polar surface area (TPSA) is 72.2 Å². The third-order valence-electron chi connectivity index (χ3n) is 2.53. The predicted molar refractivity (Wildman–Crippen MR) is 78.0 cm³/mol. The van der Waals surface area contributed by atoms with Gasteiger partial charge in [-0.3, -0.25) is 4.72 Å². The molecule has 0 radical (unpaired) electrons. The molecule has 21 heavy (non-hydrogen) atoms. The summed E-state index contributed by atoms with van der Waals surface area (Å²) in [6, 6.07) is 4.71. The second-order valence-corrected chi connectivity index (χ2v) is 6.53. The molecular formula is C12H8Cl2F2N2O2S. The molecule has 0 heterocycles. The van der Waals surface area contributed by atoms with E-state index in [0.29, 0.717) is 12.1 Å². The van der Waals surface area contributed by atoms with Gasteiger partial charge in [0.1, 0.15) is 0 Å². The third kappa shape index (κ3) is 3.37. The van der Waals surface area contributed by atoms with Crippen LogP contribution in [0.3, 0.4) is 0 Å². The molecule has 9 heteroatoms. The highest BCUT2D eigenvalue weighted by Crippen LogP contribution is 2.32. The fourth-order valence-corrected chi connectivity index (χ4v) is 3.04. The van der Waals surface area contributed by atoms with E-state index in [0.717, 1.165) is 6.07 Å². The number of rotatable bonds is 3. The number of halogens is 4. The minimum atomic E-state index is -4.11. The number of nitrogens with two attached hydrogens (primary N) is 1. The Hall–Kier alpha value is -1.57. The van der Waals surface area contributed by atoms with E-state index in [1.165, 1.54) is 12.1 Å². The summed E-state index contributed by atoms with van der Waals surface area (Å²) < 4.78 is 52.2. The Labute approximate surface area is 129 Å². The molecule has 0 aromatic heterocycles. The fourth-order valence-electron chi connectivity index (χ4n) is 1.50. The Balaban J connectivity index is 2.39. The first-order valence-electron chi connectivity index (χ1n) is 5.43. The zero-order chi connectivity index (χ0) is 15.8. The summed E-state index contributed by atoms with van der Waals surface area (Å²) in [5.41, 5.74) is 5.68. The highest BCUT2D eigenvalue weighted by Gasteiger charge is 2.17. The summed E-state index contributed by atoms with van der Waals surface area (Å²) in [4.78, 5) is -0.439. The largest absolute Gasteiger partial charge is 0.396 e. The van der Waals surface area contributed by atoms with Crippen molar-refractivity contribution in [3.8, 4) is 0 Å². The molecule has 0 aliphatic carbocycles. The average Bonchev–Trinajstić information content (AvgIpc) is 2.38. The number of nitrogens with one attached hydrogen (secondary N) is 1. The molecule has 2 rings (SSSR count). The summed E-state index contributed by atoms with van der Waals surface area (Å²) in [5.74, 6) is -2.42. The van der Waals surface area contributed by atoms with Crippen LogP contribution in [0.2, 0.25) is 10.0 Å². The summed E-state index contributed by atoms with van der Waals surface area (Å²) >= 11 is 11.6. The van der Waals surface area contributed by atoms with Crippen molar-refractivity contribution in [2.75, 3.05) is 10.5 Å². The highest BCUT2D eigenvalue weighted by molar-refractivity contribution is 7.92. The molecule has 0 bridgehead atoms. The van der Waals surface area contributed by atoms with Gasteiger partial charge in [0.2, 0.25) is 0 Å². The summed E-state index contributed by atoms with van der Waals surface area (Å²) in [6.45, 7) is 0. The van der Waals surface area contributed by atoms with Crippen molar-refractivity contribution in [2.45, 2.75) is 4.90 Å². The Morgan fingerprint density at radius 3 is 2.10 bits per heavy atom. The molecule has 0 amide bonds. The van der Waals surface area contributed by atoms with Crippen LogP contribution < -0.4 is 10.5 Å². The van der Waals surface area contributed by atoms with E-state index in [4.69, 9.17) is 28.9 Å². The summed E-state index contributed by atoms with van der Waals surface area (Å²) in [7, 11) is -4.11. The van der Waals surface area contributed by atoms with E-state index in [9.17, 15) is 17.2 Å². The maximum absolute atomic E-state index is 13.1. The average molecular weight is 353 g/mol. The molecule has 0 saturated heterocycles. The predicted octanol–water partition coefficient (Wildman–Crippen LogP) is 3.65. The second-order valence-electron chi connectivity index (χ2n) is 4.03. The molecule has 2 aromatic carbocycles. The van der Waals surface area contributed by atoms with E-state index < -0.39 is 26.6 Å². The smallest absolute Gasteiger partial charge is 0.262 e. The third-order valence-corrected chi connectivity index (χ3v) is 4.54. The standard InChI is InChI=1S/C12H8Cl2F2N2O2S/c13-8-3-6(4-9(14)12(8)17)18-21(19,20)7-1-2-10(15)11(16)5-7/h1-5,18H,17H2. The normalized spacial score (nSPS) is 11.4. The lowest BCUT2D eigenvalue weighted by molar-refractivity contribution is 0.504. The van der Waals surface area contributed by atoms with Gasteiger partial charge in [-0.15, -0.1) is 0 Å². The number of nitrogen functional groups attached to an aromatic ring is 1. The van der Waals surface area contributed by atoms with Crippen molar-refractivity contribution in [1.29, 1.82) is 0 Å². The van der Waals surface area contributed by atoms with Crippen LogP contribution >= 0.6 is 23.2 Å². The fraction of sp³-hybridized carbons (Fsp3) is 0. The van der Waals surface area contributed by atoms with Gasteiger partial charge in [-0.25, -0.2) is 17.2 Å². The zero-order valence-electron chi connectivity index (χ0n) is 10.2. The molecule has 2 aromatic rings. The molecule has 112 valence electrons. The maximum Gasteiger partial charge on any atom is 0.262 e. The first-order chi connectivity index (χ1) is 9.70. The van der Waals surface area contributed by atoms with Gasteiger partial charge in [-0.05, 0) is 30.3 Å². The van der Waals surface area contributed by atoms with Crippen molar-refractivity contribution >= 4 is 44.6 Å². The molecule has 0 aliphatic heterocycles. The number of hydrogen-bond donors (Lipinski definition) is 2. The Bertz CT molecular complexity index is 790. The van der Waals surface area contributed by atoms with E-state index in [1.54, 1.807) is 0 Å². The van der Waals surface area contributed by atoms with Crippen LogP contribution in [0.25, 0.3) is 0 Å². The van der Waals surface area contributed by atoms with Gasteiger partial charge in [-0.2, -0.15) is 0 Å². The number of anilines is 2. The van der Waals surface area contributed by atoms with Gasteiger partial charge < -0.3 is 5.73 Å². The summed E-state index contributed by atoms with van der Waals surface area (Å²) in [6.07, 6.45) is 0. The van der Waals surface area contributed by atoms with Gasteiger partial charge in [0.15, 0.2) is 11.6 Å². The van der Waals surface area contributed by atoms with Crippen LogP contribution in [0.15, 0.2) is 35.2 Å². The zero-order valence-corrected chi connectivity index (χ0v) is 12.5. The molecule has 0 saturated carbocycles. The molecule has 4 nitrogen and oxygen atoms in total. The highest BCUT2D eigenvalue weighted by atomic mass is 35.5. The van der Waals surface area contributed by atoms with E-state index in [2.05, 4.69) is 4.72 Å². The van der Waals surface area contributed by atoms with Crippen LogP contribution in [0.5, 0.6) is 0 Å². The minimum Gasteiger partial charge on any atom is -0.396 e. The van der Waals surface area contributed by atoms with Gasteiger partial charge in [0, 0.05) is 0 Å². The number of sulfonamides is 1. The molecule has 0 fully saturated rings. The van der Waals surface area contributed by atoms with E-state index in [-0.39, 0.29) is 21.4 Å². The molecule has 3 N–H and O–H groups in total. The van der Waals surface area contributed by atoms with Crippen molar-refractivity contribution in [2.24, 2.45) is 0 Å². The molecule has 0 spiro atoms. The van der Waals surface area contributed by atoms with Gasteiger partial charge in [-0.1, -0.05) is 23.2 Å². The van der Waals surface area contributed by atoms with Gasteiger partial charge >= 0.3 is 0 Å². The first-order valence-corrected chi connectivity index (χ1v) is 7.67. The lowest BCUT2D eigenvalue weighted by Crippen LogP contribution is -2.13. The number of benzene rings is 2. The first kappa shape index (κ1) is 15.8. The van der Waals surface area contributed by atoms with E-state index >= 15 is 0 Å². The lowest BCUT2D eigenvalue weighted by Gasteiger charge is -2.10. The van der Waals surface area contributed by atoms with Crippen molar-refractivity contribution in [3.05, 3.63) is 52.0 Å². The van der Waals surface area contributed by atoms with Crippen LogP contribution in [-0.2, 0) is 10.0 Å². The quantitative estimate of drug-likeness (QED) is 0.828. The minimum absolute atomic E-state index is 0.0453. The Morgan fingerprint density at radius 2 is 1.57 bits per heavy atom. The van der Waals surface area contributed by atoms with Crippen LogP contribution in [0, 0.1) is 11.6 Å². The van der Waals surface area contributed by atoms with Gasteiger partial charge in [0.05, 0.1) is 26.3 Å². The molecular weight excluding hydrogens is 345 g/mol. The Morgan fingerprint density at radius 1 is 1.00 bits per heavy atom. The summed E-state index contributed by atoms with van der Waals surface area (Å²) in [5, 5.41) is 0.121. The van der Waals surface area contributed by atoms with Crippen LogP contribution in [0.1, 0.15) is 0 Å².